The molecule has 1 unspecified atom stereocenters. The lowest BCUT2D eigenvalue weighted by Gasteiger charge is -2.30. The minimum atomic E-state index is -0.664. The molecule has 2 aliphatic heterocycles. The maximum atomic E-state index is 13.1. The summed E-state index contributed by atoms with van der Waals surface area (Å²) in [5, 5.41) is 2.90. The third-order valence-electron chi connectivity index (χ3n) is 5.12. The Labute approximate surface area is 159 Å². The molecule has 3 atom stereocenters. The zero-order chi connectivity index (χ0) is 19.4. The average molecular weight is 373 g/mol. The fourth-order valence-electron chi connectivity index (χ4n) is 3.65. The molecule has 146 valence electrons. The van der Waals surface area contributed by atoms with Gasteiger partial charge in [0.25, 0.3) is 11.8 Å². The normalized spacial score (nSPS) is 25.6. The van der Waals surface area contributed by atoms with Gasteiger partial charge in [-0.15, -0.1) is 0 Å². The molecule has 2 heterocycles. The van der Waals surface area contributed by atoms with Crippen LogP contribution in [0.25, 0.3) is 0 Å². The number of hydrogen-bond acceptors (Lipinski definition) is 4. The summed E-state index contributed by atoms with van der Waals surface area (Å²) in [6, 6.07) is 9.13. The number of carbonyl (C=O) groups excluding carboxylic acids is 3. The fourth-order valence-corrected chi connectivity index (χ4v) is 3.65. The number of benzene rings is 1. The van der Waals surface area contributed by atoms with E-state index in [1.54, 1.807) is 19.0 Å². The smallest absolute Gasteiger partial charge is 0.252 e. The number of carbonyl (C=O) groups is 3. The lowest BCUT2D eigenvalue weighted by Crippen LogP contribution is -2.51. The summed E-state index contributed by atoms with van der Waals surface area (Å²) in [4.78, 5) is 41.0. The first-order valence-electron chi connectivity index (χ1n) is 9.46. The van der Waals surface area contributed by atoms with Crippen molar-refractivity contribution in [3.63, 3.8) is 0 Å². The van der Waals surface area contributed by atoms with Crippen LogP contribution in [0.5, 0.6) is 0 Å². The molecule has 2 aliphatic rings. The van der Waals surface area contributed by atoms with E-state index in [-0.39, 0.29) is 17.7 Å². The summed E-state index contributed by atoms with van der Waals surface area (Å²) in [5.74, 6) is -0.453. The minimum Gasteiger partial charge on any atom is -0.355 e. The first-order valence-corrected chi connectivity index (χ1v) is 9.46. The van der Waals surface area contributed by atoms with Gasteiger partial charge in [0.05, 0.1) is 0 Å². The Bertz CT molecular complexity index is 692. The van der Waals surface area contributed by atoms with E-state index in [2.05, 4.69) is 5.32 Å². The molecule has 0 aromatic heterocycles. The first-order chi connectivity index (χ1) is 13.0. The lowest BCUT2D eigenvalue weighted by atomic mass is 10.0. The molecule has 2 saturated heterocycles. The van der Waals surface area contributed by atoms with Crippen LogP contribution in [-0.2, 0) is 25.5 Å². The molecule has 7 nitrogen and oxygen atoms in total. The standard InChI is InChI=1S/C20H27N3O4/c1-22(2)19(25)16-9-10-17(27-16)20(26)23-12-6-11-21-18(24)15(23)13-14-7-4-3-5-8-14/h3-5,7-8,15-17H,6,9-13H2,1-2H3,(H,21,24)/t15?,16-,17+/m0/s1. The Kier molecular flexibility index (Phi) is 6.11. The SMILES string of the molecule is CN(C)C(=O)[C@@H]1CC[C@H](C(=O)N2CCCNC(=O)C2Cc2ccccc2)O1. The van der Waals surface area contributed by atoms with Crippen molar-refractivity contribution in [1.82, 2.24) is 15.1 Å². The number of nitrogens with one attached hydrogen (secondary N) is 1. The van der Waals surface area contributed by atoms with E-state index in [1.807, 2.05) is 30.3 Å². The molecule has 1 aromatic carbocycles. The van der Waals surface area contributed by atoms with Gasteiger partial charge in [-0.1, -0.05) is 30.3 Å². The van der Waals surface area contributed by atoms with Crippen LogP contribution in [0.15, 0.2) is 30.3 Å². The van der Waals surface area contributed by atoms with E-state index < -0.39 is 18.2 Å². The highest BCUT2D eigenvalue weighted by Crippen LogP contribution is 2.24. The van der Waals surface area contributed by atoms with E-state index in [0.717, 1.165) is 5.56 Å². The van der Waals surface area contributed by atoms with Crippen LogP contribution in [-0.4, -0.2) is 73.0 Å². The quantitative estimate of drug-likeness (QED) is 0.838. The van der Waals surface area contributed by atoms with Crippen LogP contribution in [0.4, 0.5) is 0 Å². The second-order valence-corrected chi connectivity index (χ2v) is 7.31. The van der Waals surface area contributed by atoms with E-state index >= 15 is 0 Å². The summed E-state index contributed by atoms with van der Waals surface area (Å²) in [6.45, 7) is 1.06. The highest BCUT2D eigenvalue weighted by atomic mass is 16.5. The molecule has 3 rings (SSSR count). The predicted octanol–water partition coefficient (Wildman–Crippen LogP) is 0.582. The van der Waals surface area contributed by atoms with Crippen molar-refractivity contribution >= 4 is 17.7 Å². The number of likely N-dealkylation sites (N-methyl/N-ethyl adjacent to an activating group) is 1. The highest BCUT2D eigenvalue weighted by molar-refractivity contribution is 5.90. The molecule has 1 N–H and O–H groups in total. The molecule has 27 heavy (non-hydrogen) atoms. The van der Waals surface area contributed by atoms with Crippen LogP contribution in [0.2, 0.25) is 0 Å². The van der Waals surface area contributed by atoms with E-state index in [9.17, 15) is 14.4 Å². The largest absolute Gasteiger partial charge is 0.355 e. The molecule has 1 aromatic rings. The van der Waals surface area contributed by atoms with Gasteiger partial charge in [0.2, 0.25) is 5.91 Å². The van der Waals surface area contributed by atoms with E-state index in [4.69, 9.17) is 4.74 Å². The summed E-state index contributed by atoms with van der Waals surface area (Å²) >= 11 is 0. The highest BCUT2D eigenvalue weighted by Gasteiger charge is 2.41. The second kappa shape index (κ2) is 8.52. The number of amides is 3. The summed E-state index contributed by atoms with van der Waals surface area (Å²) in [7, 11) is 3.35. The van der Waals surface area contributed by atoms with Gasteiger partial charge < -0.3 is 19.9 Å². The van der Waals surface area contributed by atoms with Gasteiger partial charge in [0, 0.05) is 33.6 Å². The summed E-state index contributed by atoms with van der Waals surface area (Å²) < 4.78 is 5.76. The third-order valence-corrected chi connectivity index (χ3v) is 5.12. The molecule has 0 bridgehead atoms. The first kappa shape index (κ1) is 19.4. The Balaban J connectivity index is 1.74. The van der Waals surface area contributed by atoms with Gasteiger partial charge in [0.1, 0.15) is 18.2 Å². The van der Waals surface area contributed by atoms with Crippen molar-refractivity contribution in [2.75, 3.05) is 27.2 Å². The summed E-state index contributed by atoms with van der Waals surface area (Å²) in [5.41, 5.74) is 1.00. The van der Waals surface area contributed by atoms with Gasteiger partial charge in [-0.25, -0.2) is 0 Å². The van der Waals surface area contributed by atoms with Gasteiger partial charge in [-0.05, 0) is 24.8 Å². The molecule has 7 heteroatoms. The minimum absolute atomic E-state index is 0.125. The van der Waals surface area contributed by atoms with Crippen LogP contribution in [0.1, 0.15) is 24.8 Å². The number of ether oxygens (including phenoxy) is 1. The van der Waals surface area contributed by atoms with Crippen molar-refractivity contribution in [1.29, 1.82) is 0 Å². The molecular formula is C20H27N3O4. The predicted molar refractivity (Wildman–Crippen MR) is 99.9 cm³/mol. The fraction of sp³-hybridized carbons (Fsp3) is 0.550. The molecular weight excluding hydrogens is 346 g/mol. The molecule has 0 saturated carbocycles. The topological polar surface area (TPSA) is 79.0 Å². The van der Waals surface area contributed by atoms with E-state index in [1.165, 1.54) is 4.90 Å². The number of rotatable bonds is 4. The van der Waals surface area contributed by atoms with Gasteiger partial charge in [-0.2, -0.15) is 0 Å². The summed E-state index contributed by atoms with van der Waals surface area (Å²) in [6.07, 6.45) is 0.946. The second-order valence-electron chi connectivity index (χ2n) is 7.31. The van der Waals surface area contributed by atoms with Crippen LogP contribution in [0, 0.1) is 0 Å². The maximum Gasteiger partial charge on any atom is 0.252 e. The Morgan fingerprint density at radius 3 is 2.59 bits per heavy atom. The van der Waals surface area contributed by atoms with Crippen LogP contribution in [0.3, 0.4) is 0 Å². The van der Waals surface area contributed by atoms with Crippen molar-refractivity contribution < 1.29 is 19.1 Å². The monoisotopic (exact) mass is 373 g/mol. The lowest BCUT2D eigenvalue weighted by molar-refractivity contribution is -0.153. The Hall–Kier alpha value is -2.41. The van der Waals surface area contributed by atoms with Gasteiger partial charge >= 0.3 is 0 Å². The average Bonchev–Trinajstić information content (AvgIpc) is 3.09. The van der Waals surface area contributed by atoms with Crippen molar-refractivity contribution in [3.05, 3.63) is 35.9 Å². The molecule has 2 fully saturated rings. The zero-order valence-electron chi connectivity index (χ0n) is 15.9. The molecule has 0 aliphatic carbocycles. The van der Waals surface area contributed by atoms with Crippen molar-refractivity contribution in [3.8, 4) is 0 Å². The number of hydrogen-bond donors (Lipinski definition) is 1. The third kappa shape index (κ3) is 4.47. The van der Waals surface area contributed by atoms with Gasteiger partial charge in [0.15, 0.2) is 0 Å². The number of nitrogens with zero attached hydrogens (tertiary/aromatic N) is 2. The zero-order valence-corrected chi connectivity index (χ0v) is 15.9. The molecule has 0 spiro atoms. The van der Waals surface area contributed by atoms with Crippen LogP contribution < -0.4 is 5.32 Å². The maximum absolute atomic E-state index is 13.1. The Morgan fingerprint density at radius 1 is 1.19 bits per heavy atom. The van der Waals surface area contributed by atoms with Gasteiger partial charge in [-0.3, -0.25) is 14.4 Å². The molecule has 3 amide bonds. The Morgan fingerprint density at radius 2 is 1.89 bits per heavy atom. The van der Waals surface area contributed by atoms with Crippen molar-refractivity contribution in [2.24, 2.45) is 0 Å². The van der Waals surface area contributed by atoms with Crippen molar-refractivity contribution in [2.45, 2.75) is 43.9 Å². The van der Waals surface area contributed by atoms with Crippen LogP contribution >= 0.6 is 0 Å². The van der Waals surface area contributed by atoms with E-state index in [0.29, 0.717) is 38.8 Å². The molecule has 0 radical (unpaired) electrons.